The second-order valence-corrected chi connectivity index (χ2v) is 6.78. The van der Waals surface area contributed by atoms with Gasteiger partial charge in [0.15, 0.2) is 6.29 Å². The Balaban J connectivity index is 1.48. The fourth-order valence-corrected chi connectivity index (χ4v) is 3.60. The van der Waals surface area contributed by atoms with Crippen LogP contribution in [-0.4, -0.2) is 35.0 Å². The van der Waals surface area contributed by atoms with Crippen LogP contribution in [0.5, 0.6) is 0 Å². The summed E-state index contributed by atoms with van der Waals surface area (Å²) in [4.78, 5) is 28.7. The van der Waals surface area contributed by atoms with Gasteiger partial charge in [-0.2, -0.15) is 4.98 Å². The molecule has 1 aliphatic heterocycles. The van der Waals surface area contributed by atoms with Crippen molar-refractivity contribution in [2.75, 3.05) is 18.5 Å². The first-order valence-electron chi connectivity index (χ1n) is 9.17. The van der Waals surface area contributed by atoms with Crippen molar-refractivity contribution in [1.29, 1.82) is 0 Å². The van der Waals surface area contributed by atoms with Gasteiger partial charge in [-0.05, 0) is 30.2 Å². The molecule has 1 saturated heterocycles. The number of anilines is 1. The minimum absolute atomic E-state index is 0.0994. The van der Waals surface area contributed by atoms with E-state index in [1.807, 2.05) is 12.1 Å². The molecule has 1 aromatic carbocycles. The Morgan fingerprint density at radius 1 is 1.36 bits per heavy atom. The smallest absolute Gasteiger partial charge is 0.348 e. The number of ether oxygens (including phenoxy) is 2. The Hall–Kier alpha value is -3.03. The Labute approximate surface area is 162 Å². The Morgan fingerprint density at radius 2 is 2.18 bits per heavy atom. The van der Waals surface area contributed by atoms with Crippen molar-refractivity contribution in [1.82, 2.24) is 9.55 Å². The molecule has 0 unspecified atom stereocenters. The van der Waals surface area contributed by atoms with Crippen LogP contribution in [0, 0.1) is 5.92 Å². The van der Waals surface area contributed by atoms with Crippen molar-refractivity contribution in [2.45, 2.75) is 18.8 Å². The monoisotopic (exact) mass is 379 g/mol. The van der Waals surface area contributed by atoms with E-state index < -0.39 is 5.69 Å². The number of fused-ring (bicyclic) bond motifs is 1. The molecule has 1 aromatic heterocycles. The highest BCUT2D eigenvalue weighted by Gasteiger charge is 2.38. The third-order valence-corrected chi connectivity index (χ3v) is 4.93. The van der Waals surface area contributed by atoms with Crippen molar-refractivity contribution in [3.8, 4) is 0 Å². The van der Waals surface area contributed by atoms with E-state index in [9.17, 15) is 9.59 Å². The molecule has 2 aromatic rings. The molecule has 1 amide bonds. The van der Waals surface area contributed by atoms with Gasteiger partial charge < -0.3 is 14.8 Å². The topological polar surface area (TPSA) is 82.4 Å². The van der Waals surface area contributed by atoms with Gasteiger partial charge in [-0.15, -0.1) is 6.58 Å². The van der Waals surface area contributed by atoms with Gasteiger partial charge in [-0.25, -0.2) is 4.79 Å². The van der Waals surface area contributed by atoms with E-state index in [0.717, 1.165) is 12.0 Å². The van der Waals surface area contributed by atoms with Crippen LogP contribution >= 0.6 is 0 Å². The predicted octanol–water partition coefficient (Wildman–Crippen LogP) is 2.54. The van der Waals surface area contributed by atoms with Gasteiger partial charge in [0.1, 0.15) is 5.82 Å². The first-order chi connectivity index (χ1) is 13.7. The predicted molar refractivity (Wildman–Crippen MR) is 104 cm³/mol. The van der Waals surface area contributed by atoms with Gasteiger partial charge >= 0.3 is 5.69 Å². The highest BCUT2D eigenvalue weighted by Crippen LogP contribution is 2.40. The van der Waals surface area contributed by atoms with Gasteiger partial charge in [-0.1, -0.05) is 30.4 Å². The number of allylic oxidation sites excluding steroid dienone is 1. The molecule has 1 N–H and O–H groups in total. The summed E-state index contributed by atoms with van der Waals surface area (Å²) in [6.45, 7) is 4.64. The van der Waals surface area contributed by atoms with Gasteiger partial charge in [0.25, 0.3) is 5.91 Å². The van der Waals surface area contributed by atoms with E-state index in [4.69, 9.17) is 9.47 Å². The molecule has 7 nitrogen and oxygen atoms in total. The lowest BCUT2D eigenvalue weighted by molar-refractivity contribution is -0.0847. The zero-order valence-electron chi connectivity index (χ0n) is 15.3. The molecule has 4 rings (SSSR count). The Kier molecular flexibility index (Phi) is 5.18. The van der Waals surface area contributed by atoms with Crippen LogP contribution in [0.2, 0.25) is 0 Å². The maximum atomic E-state index is 12.5. The number of amides is 1. The van der Waals surface area contributed by atoms with E-state index in [1.165, 1.54) is 0 Å². The van der Waals surface area contributed by atoms with E-state index in [-0.39, 0.29) is 30.0 Å². The standard InChI is InChI=1S/C21H21N3O4/c1-2-10-27-20-17-12-16(11-15(17)13-28-20)24-9-8-18(23-21(24)26)22-19(25)14-6-4-3-5-7-14/h2-9,12,15-16,20H,1,10-11,13H2,(H,22,23,25,26)/t15-,16-,20-/m1/s1. The van der Waals surface area contributed by atoms with Gasteiger partial charge in [-0.3, -0.25) is 9.36 Å². The van der Waals surface area contributed by atoms with Crippen LogP contribution in [0.4, 0.5) is 5.82 Å². The van der Waals surface area contributed by atoms with Crippen molar-refractivity contribution >= 4 is 11.7 Å². The number of carbonyl (C=O) groups excluding carboxylic acids is 1. The molecule has 0 spiro atoms. The molecular weight excluding hydrogens is 358 g/mol. The molecule has 3 atom stereocenters. The van der Waals surface area contributed by atoms with Gasteiger partial charge in [0.2, 0.25) is 0 Å². The number of hydrogen-bond donors (Lipinski definition) is 1. The summed E-state index contributed by atoms with van der Waals surface area (Å²) in [6.07, 6.45) is 5.76. The van der Waals surface area contributed by atoms with Crippen molar-refractivity contribution < 1.29 is 14.3 Å². The van der Waals surface area contributed by atoms with E-state index in [2.05, 4.69) is 16.9 Å². The average molecular weight is 379 g/mol. The Bertz CT molecular complexity index is 967. The highest BCUT2D eigenvalue weighted by molar-refractivity contribution is 6.03. The third kappa shape index (κ3) is 3.67. The molecule has 2 aliphatic rings. The van der Waals surface area contributed by atoms with E-state index in [1.54, 1.807) is 47.2 Å². The SMILES string of the molecule is C=CCO[C@@H]1OC[C@H]2C[C@@H](n3ccc(NC(=O)c4ccccc4)nc3=O)C=C21. The number of hydrogen-bond acceptors (Lipinski definition) is 5. The lowest BCUT2D eigenvalue weighted by Crippen LogP contribution is -2.27. The fraction of sp³-hybridized carbons (Fsp3) is 0.286. The summed E-state index contributed by atoms with van der Waals surface area (Å²) in [7, 11) is 0. The number of nitrogens with one attached hydrogen (secondary N) is 1. The lowest BCUT2D eigenvalue weighted by Gasteiger charge is -2.14. The van der Waals surface area contributed by atoms with Crippen LogP contribution < -0.4 is 11.0 Å². The summed E-state index contributed by atoms with van der Waals surface area (Å²) >= 11 is 0. The molecule has 0 bridgehead atoms. The molecule has 7 heteroatoms. The van der Waals surface area contributed by atoms with Crippen molar-refractivity contribution in [2.24, 2.45) is 5.92 Å². The lowest BCUT2D eigenvalue weighted by atomic mass is 10.0. The molecule has 144 valence electrons. The van der Waals surface area contributed by atoms with E-state index >= 15 is 0 Å². The molecule has 0 saturated carbocycles. The van der Waals surface area contributed by atoms with Crippen LogP contribution in [0.25, 0.3) is 0 Å². The highest BCUT2D eigenvalue weighted by atomic mass is 16.7. The normalized spacial score (nSPS) is 23.1. The maximum absolute atomic E-state index is 12.5. The summed E-state index contributed by atoms with van der Waals surface area (Å²) in [5.41, 5.74) is 1.17. The number of nitrogens with zero attached hydrogens (tertiary/aromatic N) is 2. The number of carbonyl (C=O) groups is 1. The summed E-state index contributed by atoms with van der Waals surface area (Å²) < 4.78 is 12.9. The average Bonchev–Trinajstić information content (AvgIpc) is 3.28. The van der Waals surface area contributed by atoms with Crippen molar-refractivity contribution in [3.05, 3.63) is 82.9 Å². The quantitative estimate of drug-likeness (QED) is 0.780. The zero-order valence-corrected chi connectivity index (χ0v) is 15.3. The number of aromatic nitrogens is 2. The molecule has 1 aliphatic carbocycles. The van der Waals surface area contributed by atoms with Crippen LogP contribution in [0.1, 0.15) is 22.8 Å². The van der Waals surface area contributed by atoms with Gasteiger partial charge in [0, 0.05) is 17.7 Å². The number of benzene rings is 1. The van der Waals surface area contributed by atoms with E-state index in [0.29, 0.717) is 18.8 Å². The second kappa shape index (κ2) is 7.92. The fourth-order valence-electron chi connectivity index (χ4n) is 3.60. The van der Waals surface area contributed by atoms with Crippen LogP contribution in [-0.2, 0) is 9.47 Å². The Morgan fingerprint density at radius 3 is 2.93 bits per heavy atom. The van der Waals surface area contributed by atoms with Crippen LogP contribution in [0.3, 0.4) is 0 Å². The summed E-state index contributed by atoms with van der Waals surface area (Å²) in [5.74, 6) is 0.169. The molecule has 28 heavy (non-hydrogen) atoms. The molecular formula is C21H21N3O4. The largest absolute Gasteiger partial charge is 0.350 e. The van der Waals surface area contributed by atoms with Gasteiger partial charge in [0.05, 0.1) is 19.3 Å². The zero-order chi connectivity index (χ0) is 19.5. The minimum Gasteiger partial charge on any atom is -0.348 e. The minimum atomic E-state index is -0.405. The van der Waals surface area contributed by atoms with Crippen LogP contribution in [0.15, 0.2) is 71.7 Å². The third-order valence-electron chi connectivity index (χ3n) is 4.93. The maximum Gasteiger partial charge on any atom is 0.350 e. The summed E-state index contributed by atoms with van der Waals surface area (Å²) in [5, 5.41) is 2.66. The second-order valence-electron chi connectivity index (χ2n) is 6.78. The molecule has 2 heterocycles. The van der Waals surface area contributed by atoms with Crippen molar-refractivity contribution in [3.63, 3.8) is 0 Å². The first kappa shape index (κ1) is 18.3. The first-order valence-corrected chi connectivity index (χ1v) is 9.17. The number of rotatable bonds is 6. The molecule has 0 radical (unpaired) electrons. The molecule has 1 fully saturated rings. The summed E-state index contributed by atoms with van der Waals surface area (Å²) in [6, 6.07) is 10.3.